The molecule has 0 radical (unpaired) electrons. The quantitative estimate of drug-likeness (QED) is 0.755. The number of methoxy groups -OCH3 is 1. The Morgan fingerprint density at radius 1 is 1.56 bits per heavy atom. The predicted molar refractivity (Wildman–Crippen MR) is 65.9 cm³/mol. The van der Waals surface area contributed by atoms with Gasteiger partial charge in [-0.05, 0) is 21.0 Å². The molecule has 0 amide bonds. The lowest BCUT2D eigenvalue weighted by Gasteiger charge is -2.17. The van der Waals surface area contributed by atoms with E-state index in [1.165, 1.54) is 0 Å². The molecule has 0 aromatic carbocycles. The Bertz CT molecular complexity index is 298. The molecule has 0 bridgehead atoms. The van der Waals surface area contributed by atoms with Crippen LogP contribution < -0.4 is 5.32 Å². The molecule has 1 N–H and O–H groups in total. The van der Waals surface area contributed by atoms with Gasteiger partial charge < -0.3 is 19.5 Å². The van der Waals surface area contributed by atoms with Gasteiger partial charge in [-0.25, -0.2) is 4.98 Å². The van der Waals surface area contributed by atoms with Gasteiger partial charge in [-0.2, -0.15) is 0 Å². The Labute approximate surface area is 97.4 Å². The van der Waals surface area contributed by atoms with Crippen LogP contribution in [0.3, 0.4) is 0 Å². The summed E-state index contributed by atoms with van der Waals surface area (Å²) in [5.74, 6) is 0.909. The van der Waals surface area contributed by atoms with Crippen LogP contribution in [0.5, 0.6) is 0 Å². The van der Waals surface area contributed by atoms with Crippen molar-refractivity contribution in [1.29, 1.82) is 0 Å². The number of imidazole rings is 1. The summed E-state index contributed by atoms with van der Waals surface area (Å²) in [4.78, 5) is 6.43. The average Bonchev–Trinajstić information content (AvgIpc) is 2.66. The van der Waals surface area contributed by atoms with Crippen molar-refractivity contribution in [1.82, 2.24) is 14.5 Å². The highest BCUT2D eigenvalue weighted by atomic mass is 16.5. The number of aromatic nitrogens is 2. The summed E-state index contributed by atoms with van der Waals surface area (Å²) in [5, 5.41) is 3.32. The highest BCUT2D eigenvalue weighted by molar-refractivity contribution is 5.26. The summed E-state index contributed by atoms with van der Waals surface area (Å²) in [6.45, 7) is 4.69. The minimum atomic E-state index is 0.300. The second-order valence-electron chi connectivity index (χ2n) is 4.19. The molecule has 16 heavy (non-hydrogen) atoms. The summed E-state index contributed by atoms with van der Waals surface area (Å²) < 4.78 is 7.24. The van der Waals surface area contributed by atoms with E-state index in [4.69, 9.17) is 4.74 Å². The zero-order chi connectivity index (χ0) is 12.0. The van der Waals surface area contributed by atoms with E-state index in [0.29, 0.717) is 12.6 Å². The molecule has 92 valence electrons. The Hall–Kier alpha value is -1.07. The number of likely N-dealkylation sites (N-methyl/N-ethyl adjacent to an activating group) is 1. The Balaban J connectivity index is 2.50. The number of anilines is 1. The molecule has 1 aromatic rings. The second kappa shape index (κ2) is 6.50. The minimum absolute atomic E-state index is 0.300. The van der Waals surface area contributed by atoms with Crippen molar-refractivity contribution in [2.24, 2.45) is 0 Å². The van der Waals surface area contributed by atoms with Gasteiger partial charge in [0.05, 0.1) is 12.6 Å². The first-order chi connectivity index (χ1) is 7.65. The third-order valence-corrected chi connectivity index (χ3v) is 2.39. The van der Waals surface area contributed by atoms with Crippen LogP contribution in [0.25, 0.3) is 0 Å². The van der Waals surface area contributed by atoms with E-state index in [-0.39, 0.29) is 0 Å². The molecule has 0 aliphatic rings. The smallest absolute Gasteiger partial charge is 0.203 e. The molecule has 0 aliphatic heterocycles. The Kier molecular flexibility index (Phi) is 5.28. The first kappa shape index (κ1) is 13.0. The van der Waals surface area contributed by atoms with Crippen LogP contribution in [-0.4, -0.2) is 55.4 Å². The molecule has 5 heteroatoms. The monoisotopic (exact) mass is 226 g/mol. The zero-order valence-corrected chi connectivity index (χ0v) is 10.6. The summed E-state index contributed by atoms with van der Waals surface area (Å²) in [6, 6.07) is 0.300. The number of hydrogen-bond donors (Lipinski definition) is 1. The van der Waals surface area contributed by atoms with Gasteiger partial charge in [0, 0.05) is 32.6 Å². The van der Waals surface area contributed by atoms with E-state index in [0.717, 1.165) is 19.0 Å². The van der Waals surface area contributed by atoms with E-state index in [1.54, 1.807) is 7.11 Å². The fourth-order valence-electron chi connectivity index (χ4n) is 1.52. The van der Waals surface area contributed by atoms with Crippen molar-refractivity contribution in [3.63, 3.8) is 0 Å². The van der Waals surface area contributed by atoms with Gasteiger partial charge in [0.2, 0.25) is 5.95 Å². The Morgan fingerprint density at radius 3 is 2.94 bits per heavy atom. The van der Waals surface area contributed by atoms with E-state index < -0.39 is 0 Å². The molecule has 1 aromatic heterocycles. The predicted octanol–water partition coefficient (Wildman–Crippen LogP) is 1.06. The third-order valence-electron chi connectivity index (χ3n) is 2.39. The molecule has 0 saturated carbocycles. The van der Waals surface area contributed by atoms with E-state index in [1.807, 2.05) is 12.4 Å². The molecule has 1 heterocycles. The Morgan fingerprint density at radius 2 is 2.31 bits per heavy atom. The summed E-state index contributed by atoms with van der Waals surface area (Å²) >= 11 is 0. The minimum Gasteiger partial charge on any atom is -0.383 e. The SMILES string of the molecule is COCC(C)n1ccnc1NCCN(C)C. The average molecular weight is 226 g/mol. The van der Waals surface area contributed by atoms with Crippen LogP contribution in [0, 0.1) is 0 Å². The lowest BCUT2D eigenvalue weighted by molar-refractivity contribution is 0.163. The number of nitrogens with one attached hydrogen (secondary N) is 1. The fraction of sp³-hybridized carbons (Fsp3) is 0.727. The van der Waals surface area contributed by atoms with Crippen molar-refractivity contribution in [3.05, 3.63) is 12.4 Å². The first-order valence-corrected chi connectivity index (χ1v) is 5.55. The van der Waals surface area contributed by atoms with Crippen molar-refractivity contribution in [2.45, 2.75) is 13.0 Å². The van der Waals surface area contributed by atoms with Crippen molar-refractivity contribution >= 4 is 5.95 Å². The molecular formula is C11H22N4O. The number of nitrogens with zero attached hydrogens (tertiary/aromatic N) is 3. The highest BCUT2D eigenvalue weighted by Gasteiger charge is 2.08. The standard InChI is InChI=1S/C11H22N4O/c1-10(9-16-4)15-8-6-13-11(15)12-5-7-14(2)3/h6,8,10H,5,7,9H2,1-4H3,(H,12,13). The number of rotatable bonds is 7. The van der Waals surface area contributed by atoms with Gasteiger partial charge in [-0.3, -0.25) is 0 Å². The summed E-state index contributed by atoms with van der Waals surface area (Å²) in [7, 11) is 5.83. The molecule has 0 saturated heterocycles. The van der Waals surface area contributed by atoms with Crippen molar-refractivity contribution < 1.29 is 4.74 Å². The zero-order valence-electron chi connectivity index (χ0n) is 10.6. The summed E-state index contributed by atoms with van der Waals surface area (Å²) in [6.07, 6.45) is 3.78. The number of ether oxygens (including phenoxy) is 1. The topological polar surface area (TPSA) is 42.3 Å². The molecule has 5 nitrogen and oxygen atoms in total. The van der Waals surface area contributed by atoms with Gasteiger partial charge in [-0.15, -0.1) is 0 Å². The molecule has 1 unspecified atom stereocenters. The third kappa shape index (κ3) is 3.83. The van der Waals surface area contributed by atoms with Gasteiger partial charge in [0.15, 0.2) is 0 Å². The van der Waals surface area contributed by atoms with Crippen LogP contribution in [0.1, 0.15) is 13.0 Å². The normalized spacial score (nSPS) is 13.1. The number of hydrogen-bond acceptors (Lipinski definition) is 4. The van der Waals surface area contributed by atoms with Gasteiger partial charge in [-0.1, -0.05) is 0 Å². The van der Waals surface area contributed by atoms with E-state index >= 15 is 0 Å². The lowest BCUT2D eigenvalue weighted by atomic mass is 10.3. The highest BCUT2D eigenvalue weighted by Crippen LogP contribution is 2.13. The summed E-state index contributed by atoms with van der Waals surface area (Å²) in [5.41, 5.74) is 0. The molecule has 1 rings (SSSR count). The molecule has 0 fully saturated rings. The molecule has 0 spiro atoms. The fourth-order valence-corrected chi connectivity index (χ4v) is 1.52. The van der Waals surface area contributed by atoms with Crippen LogP contribution in [-0.2, 0) is 4.74 Å². The largest absolute Gasteiger partial charge is 0.383 e. The maximum absolute atomic E-state index is 5.14. The van der Waals surface area contributed by atoms with E-state index in [9.17, 15) is 0 Å². The van der Waals surface area contributed by atoms with Gasteiger partial charge >= 0.3 is 0 Å². The van der Waals surface area contributed by atoms with Crippen LogP contribution in [0.4, 0.5) is 5.95 Å². The molecular weight excluding hydrogens is 204 g/mol. The van der Waals surface area contributed by atoms with Crippen LogP contribution in [0.15, 0.2) is 12.4 Å². The molecule has 0 aliphatic carbocycles. The van der Waals surface area contributed by atoms with E-state index in [2.05, 4.69) is 40.8 Å². The van der Waals surface area contributed by atoms with Crippen LogP contribution in [0.2, 0.25) is 0 Å². The van der Waals surface area contributed by atoms with Crippen molar-refractivity contribution in [3.8, 4) is 0 Å². The lowest BCUT2D eigenvalue weighted by Crippen LogP contribution is -2.23. The van der Waals surface area contributed by atoms with Gasteiger partial charge in [0.1, 0.15) is 0 Å². The second-order valence-corrected chi connectivity index (χ2v) is 4.19. The maximum atomic E-state index is 5.14. The van der Waals surface area contributed by atoms with Gasteiger partial charge in [0.25, 0.3) is 0 Å². The maximum Gasteiger partial charge on any atom is 0.203 e. The van der Waals surface area contributed by atoms with Crippen LogP contribution >= 0.6 is 0 Å². The first-order valence-electron chi connectivity index (χ1n) is 5.55. The molecule has 1 atom stereocenters. The van der Waals surface area contributed by atoms with Crippen molar-refractivity contribution in [2.75, 3.05) is 46.2 Å².